The summed E-state index contributed by atoms with van der Waals surface area (Å²) < 4.78 is 5.00. The van der Waals surface area contributed by atoms with Crippen LogP contribution in [0.1, 0.15) is 13.8 Å². The van der Waals surface area contributed by atoms with Crippen molar-refractivity contribution in [2.24, 2.45) is 0 Å². The van der Waals surface area contributed by atoms with Crippen molar-refractivity contribution in [3.05, 3.63) is 25.0 Å². The number of hydrogen-bond donors (Lipinski definition) is 0. The van der Waals surface area contributed by atoms with Gasteiger partial charge >= 0.3 is 0 Å². The zero-order valence-electron chi connectivity index (χ0n) is 6.39. The summed E-state index contributed by atoms with van der Waals surface area (Å²) in [6.07, 6.45) is 1.46. The van der Waals surface area contributed by atoms with Crippen molar-refractivity contribution >= 4 is 5.78 Å². The normalized spacial score (nSPS) is 11.8. The average Bonchev–Trinajstić information content (AvgIpc) is 1.87. The van der Waals surface area contributed by atoms with Gasteiger partial charge in [0, 0.05) is 6.92 Å². The number of carbonyl (C=O) groups excluding carboxylic acids is 1. The number of allylic oxidation sites excluding steroid dienone is 1. The third-order valence-electron chi connectivity index (χ3n) is 1.05. The SMILES string of the molecule is C=C[C@H](C)OC(=C)C(C)=O. The number of ketones is 1. The van der Waals surface area contributed by atoms with E-state index in [4.69, 9.17) is 4.74 Å². The van der Waals surface area contributed by atoms with Crippen LogP contribution >= 0.6 is 0 Å². The molecule has 0 aromatic rings. The van der Waals surface area contributed by atoms with Crippen LogP contribution in [0.25, 0.3) is 0 Å². The quantitative estimate of drug-likeness (QED) is 0.337. The van der Waals surface area contributed by atoms with Crippen LogP contribution in [-0.4, -0.2) is 11.9 Å². The molecule has 56 valence electrons. The lowest BCUT2D eigenvalue weighted by Gasteiger charge is -2.09. The van der Waals surface area contributed by atoms with Gasteiger partial charge < -0.3 is 4.74 Å². The first-order chi connectivity index (χ1) is 4.57. The molecule has 0 aromatic carbocycles. The topological polar surface area (TPSA) is 26.3 Å². The van der Waals surface area contributed by atoms with Crippen molar-refractivity contribution < 1.29 is 9.53 Å². The fraction of sp³-hybridized carbons (Fsp3) is 0.375. The molecule has 0 saturated heterocycles. The first kappa shape index (κ1) is 8.95. The van der Waals surface area contributed by atoms with Gasteiger partial charge in [-0.15, -0.1) is 0 Å². The lowest BCUT2D eigenvalue weighted by Crippen LogP contribution is -2.07. The lowest BCUT2D eigenvalue weighted by atomic mass is 10.3. The summed E-state index contributed by atoms with van der Waals surface area (Å²) in [4.78, 5) is 10.5. The fourth-order valence-corrected chi connectivity index (χ4v) is 0.355. The van der Waals surface area contributed by atoms with Crippen LogP contribution < -0.4 is 0 Å². The van der Waals surface area contributed by atoms with Crippen molar-refractivity contribution in [3.63, 3.8) is 0 Å². The molecule has 10 heavy (non-hydrogen) atoms. The van der Waals surface area contributed by atoms with Crippen LogP contribution in [-0.2, 0) is 9.53 Å². The Morgan fingerprint density at radius 2 is 2.20 bits per heavy atom. The van der Waals surface area contributed by atoms with Gasteiger partial charge in [-0.1, -0.05) is 19.2 Å². The Hall–Kier alpha value is -1.05. The molecule has 2 heteroatoms. The molecule has 0 fully saturated rings. The Labute approximate surface area is 61.2 Å². The van der Waals surface area contributed by atoms with Gasteiger partial charge in [0.05, 0.1) is 0 Å². The van der Waals surface area contributed by atoms with Gasteiger partial charge in [-0.3, -0.25) is 4.79 Å². The van der Waals surface area contributed by atoms with Gasteiger partial charge in [0.2, 0.25) is 0 Å². The first-order valence-corrected chi connectivity index (χ1v) is 3.07. The zero-order valence-corrected chi connectivity index (χ0v) is 6.39. The molecule has 0 N–H and O–H groups in total. The van der Waals surface area contributed by atoms with E-state index in [1.165, 1.54) is 6.92 Å². The Kier molecular flexibility index (Phi) is 3.47. The van der Waals surface area contributed by atoms with Gasteiger partial charge in [-0.05, 0) is 6.92 Å². The second kappa shape index (κ2) is 3.88. The molecular formula is C8H12O2. The van der Waals surface area contributed by atoms with E-state index in [1.807, 2.05) is 0 Å². The Bertz CT molecular complexity index is 159. The van der Waals surface area contributed by atoms with E-state index in [0.29, 0.717) is 0 Å². The van der Waals surface area contributed by atoms with Crippen LogP contribution in [0.4, 0.5) is 0 Å². The van der Waals surface area contributed by atoms with Crippen LogP contribution in [0, 0.1) is 0 Å². The summed E-state index contributed by atoms with van der Waals surface area (Å²) >= 11 is 0. The van der Waals surface area contributed by atoms with Gasteiger partial charge in [0.15, 0.2) is 11.5 Å². The molecule has 0 rings (SSSR count). The zero-order chi connectivity index (χ0) is 8.15. The van der Waals surface area contributed by atoms with Crippen molar-refractivity contribution in [3.8, 4) is 0 Å². The summed E-state index contributed by atoms with van der Waals surface area (Å²) in [6, 6.07) is 0. The maximum Gasteiger partial charge on any atom is 0.193 e. The van der Waals surface area contributed by atoms with Gasteiger partial charge in [0.25, 0.3) is 0 Å². The highest BCUT2D eigenvalue weighted by Gasteiger charge is 2.03. The van der Waals surface area contributed by atoms with Gasteiger partial charge in [0.1, 0.15) is 6.10 Å². The van der Waals surface area contributed by atoms with Crippen LogP contribution in [0.15, 0.2) is 25.0 Å². The molecule has 0 heterocycles. The maximum absolute atomic E-state index is 10.5. The van der Waals surface area contributed by atoms with Crippen LogP contribution in [0.5, 0.6) is 0 Å². The highest BCUT2D eigenvalue weighted by molar-refractivity contribution is 5.90. The second-order valence-corrected chi connectivity index (χ2v) is 2.04. The van der Waals surface area contributed by atoms with Crippen LogP contribution in [0.3, 0.4) is 0 Å². The molecule has 0 aliphatic carbocycles. The number of rotatable bonds is 4. The largest absolute Gasteiger partial charge is 0.484 e. The Morgan fingerprint density at radius 1 is 1.70 bits per heavy atom. The van der Waals surface area contributed by atoms with E-state index < -0.39 is 0 Å². The predicted octanol–water partition coefficient (Wildman–Crippen LogP) is 1.68. The molecular weight excluding hydrogens is 128 g/mol. The highest BCUT2D eigenvalue weighted by atomic mass is 16.5. The molecule has 1 atom stereocenters. The summed E-state index contributed by atoms with van der Waals surface area (Å²) in [5.74, 6) is 0.0427. The summed E-state index contributed by atoms with van der Waals surface area (Å²) in [6.45, 7) is 10.1. The minimum Gasteiger partial charge on any atom is -0.484 e. The third-order valence-corrected chi connectivity index (χ3v) is 1.05. The number of hydrogen-bond acceptors (Lipinski definition) is 2. The molecule has 0 aliphatic heterocycles. The maximum atomic E-state index is 10.5. The monoisotopic (exact) mass is 140 g/mol. The third kappa shape index (κ3) is 3.07. The number of Topliss-reactive ketones (excluding diaryl/α,β-unsaturated/α-hetero) is 1. The predicted molar refractivity (Wildman–Crippen MR) is 40.6 cm³/mol. The minimum atomic E-state index is -0.145. The molecule has 0 unspecified atom stereocenters. The Morgan fingerprint density at radius 3 is 2.50 bits per heavy atom. The van der Waals surface area contributed by atoms with Crippen molar-refractivity contribution in [2.75, 3.05) is 0 Å². The molecule has 0 aromatic heterocycles. The van der Waals surface area contributed by atoms with E-state index in [0.717, 1.165) is 0 Å². The fourth-order valence-electron chi connectivity index (χ4n) is 0.355. The van der Waals surface area contributed by atoms with E-state index >= 15 is 0 Å². The number of ether oxygens (including phenoxy) is 1. The molecule has 0 radical (unpaired) electrons. The van der Waals surface area contributed by atoms with E-state index in [-0.39, 0.29) is 17.6 Å². The molecule has 0 spiro atoms. The van der Waals surface area contributed by atoms with E-state index in [1.54, 1.807) is 13.0 Å². The van der Waals surface area contributed by atoms with E-state index in [2.05, 4.69) is 13.2 Å². The summed E-state index contributed by atoms with van der Waals surface area (Å²) in [7, 11) is 0. The average molecular weight is 140 g/mol. The second-order valence-electron chi connectivity index (χ2n) is 2.04. The standard InChI is InChI=1S/C8H12O2/c1-5-6(2)10-8(4)7(3)9/h5-6H,1,4H2,2-3H3/t6-/m0/s1. The van der Waals surface area contributed by atoms with Gasteiger partial charge in [-0.25, -0.2) is 0 Å². The molecule has 2 nitrogen and oxygen atoms in total. The van der Waals surface area contributed by atoms with E-state index in [9.17, 15) is 4.79 Å². The van der Waals surface area contributed by atoms with Crippen LogP contribution in [0.2, 0.25) is 0 Å². The summed E-state index contributed by atoms with van der Waals surface area (Å²) in [5.41, 5.74) is 0. The highest BCUT2D eigenvalue weighted by Crippen LogP contribution is 2.01. The first-order valence-electron chi connectivity index (χ1n) is 3.07. The van der Waals surface area contributed by atoms with Gasteiger partial charge in [-0.2, -0.15) is 0 Å². The minimum absolute atomic E-state index is 0.142. The molecule has 0 amide bonds. The molecule has 0 bridgehead atoms. The smallest absolute Gasteiger partial charge is 0.193 e. The Balaban J connectivity index is 3.79. The van der Waals surface area contributed by atoms with Crippen molar-refractivity contribution in [2.45, 2.75) is 20.0 Å². The number of carbonyl (C=O) groups is 1. The lowest BCUT2D eigenvalue weighted by molar-refractivity contribution is -0.117. The summed E-state index contributed by atoms with van der Waals surface area (Å²) in [5, 5.41) is 0. The van der Waals surface area contributed by atoms with Crippen molar-refractivity contribution in [1.82, 2.24) is 0 Å². The molecule has 0 aliphatic rings. The van der Waals surface area contributed by atoms with Crippen molar-refractivity contribution in [1.29, 1.82) is 0 Å². The molecule has 0 saturated carbocycles.